The van der Waals surface area contributed by atoms with Crippen LogP contribution in [0.3, 0.4) is 0 Å². The second-order valence-electron chi connectivity index (χ2n) is 5.90. The van der Waals surface area contributed by atoms with Gasteiger partial charge in [0.1, 0.15) is 0 Å². The topological polar surface area (TPSA) is 28.2 Å². The molecule has 1 unspecified atom stereocenters. The van der Waals surface area contributed by atoms with Gasteiger partial charge in [-0.25, -0.2) is 4.98 Å². The largest absolute Gasteiger partial charge is 0.314 e. The van der Waals surface area contributed by atoms with Crippen LogP contribution in [-0.4, -0.2) is 35.6 Å². The van der Waals surface area contributed by atoms with Crippen LogP contribution in [0.5, 0.6) is 0 Å². The van der Waals surface area contributed by atoms with Gasteiger partial charge in [0.05, 0.1) is 10.7 Å². The van der Waals surface area contributed by atoms with Crippen LogP contribution in [0.1, 0.15) is 43.3 Å². The Morgan fingerprint density at radius 2 is 2.15 bits per heavy atom. The maximum absolute atomic E-state index is 4.68. The molecule has 1 atom stereocenters. The van der Waals surface area contributed by atoms with Gasteiger partial charge in [-0.15, -0.1) is 23.7 Å². The van der Waals surface area contributed by atoms with Gasteiger partial charge >= 0.3 is 0 Å². The van der Waals surface area contributed by atoms with Gasteiger partial charge in [0.25, 0.3) is 0 Å². The fourth-order valence-corrected chi connectivity index (χ4v) is 4.18. The maximum Gasteiger partial charge on any atom is 0.0926 e. The Morgan fingerprint density at radius 3 is 2.75 bits per heavy atom. The molecule has 0 saturated carbocycles. The summed E-state index contributed by atoms with van der Waals surface area (Å²) in [6, 6.07) is 0.813. The standard InChI is InChI=1S/C15H25N3S.ClH/c1-2-15-17-13(11-19-15)10-18-8-5-12(6-9-18)14-4-3-7-16-14;/h11-12,14,16H,2-10H2,1H3;1H. The van der Waals surface area contributed by atoms with Gasteiger partial charge in [-0.05, 0) is 57.7 Å². The predicted octanol–water partition coefficient (Wildman–Crippen LogP) is 3.09. The molecule has 114 valence electrons. The fourth-order valence-electron chi connectivity index (χ4n) is 3.44. The molecule has 0 amide bonds. The van der Waals surface area contributed by atoms with Crippen LogP contribution < -0.4 is 5.32 Å². The Labute approximate surface area is 132 Å². The Balaban J connectivity index is 0.00000147. The van der Waals surface area contributed by atoms with Crippen LogP contribution in [-0.2, 0) is 13.0 Å². The molecule has 1 N–H and O–H groups in total. The smallest absolute Gasteiger partial charge is 0.0926 e. The molecule has 2 saturated heterocycles. The van der Waals surface area contributed by atoms with Crippen LogP contribution in [0.15, 0.2) is 5.38 Å². The summed E-state index contributed by atoms with van der Waals surface area (Å²) in [5.74, 6) is 0.917. The minimum atomic E-state index is 0. The zero-order chi connectivity index (χ0) is 13.1. The van der Waals surface area contributed by atoms with Crippen LogP contribution in [0.4, 0.5) is 0 Å². The number of aromatic nitrogens is 1. The first-order chi connectivity index (χ1) is 9.35. The van der Waals surface area contributed by atoms with Crippen molar-refractivity contribution in [3.8, 4) is 0 Å². The second-order valence-corrected chi connectivity index (χ2v) is 6.85. The van der Waals surface area contributed by atoms with Crippen molar-refractivity contribution in [3.63, 3.8) is 0 Å². The molecule has 20 heavy (non-hydrogen) atoms. The summed E-state index contributed by atoms with van der Waals surface area (Å²) in [7, 11) is 0. The van der Waals surface area contributed by atoms with Crippen molar-refractivity contribution >= 4 is 23.7 Å². The molecular formula is C15H26ClN3S. The number of nitrogens with one attached hydrogen (secondary N) is 1. The minimum Gasteiger partial charge on any atom is -0.314 e. The average molecular weight is 316 g/mol. The number of nitrogens with zero attached hydrogens (tertiary/aromatic N) is 2. The average Bonchev–Trinajstić information content (AvgIpc) is 3.10. The zero-order valence-corrected chi connectivity index (χ0v) is 13.9. The van der Waals surface area contributed by atoms with Crippen molar-refractivity contribution < 1.29 is 0 Å². The van der Waals surface area contributed by atoms with E-state index < -0.39 is 0 Å². The third-order valence-electron chi connectivity index (χ3n) is 4.59. The summed E-state index contributed by atoms with van der Waals surface area (Å²) in [5.41, 5.74) is 1.28. The summed E-state index contributed by atoms with van der Waals surface area (Å²) < 4.78 is 0. The molecule has 0 spiro atoms. The highest BCUT2D eigenvalue weighted by atomic mass is 35.5. The van der Waals surface area contributed by atoms with Gasteiger partial charge in [0, 0.05) is 18.0 Å². The monoisotopic (exact) mass is 315 g/mol. The SMILES string of the molecule is CCc1nc(CN2CCC(C3CCCN3)CC2)cs1.Cl. The molecule has 0 radical (unpaired) electrons. The number of thiazole rings is 1. The highest BCUT2D eigenvalue weighted by molar-refractivity contribution is 7.09. The molecule has 0 aliphatic carbocycles. The molecule has 3 rings (SSSR count). The van der Waals surface area contributed by atoms with Crippen LogP contribution in [0.2, 0.25) is 0 Å². The summed E-state index contributed by atoms with van der Waals surface area (Å²) in [6.45, 7) is 6.98. The van der Waals surface area contributed by atoms with Crippen LogP contribution >= 0.6 is 23.7 Å². The van der Waals surface area contributed by atoms with E-state index in [2.05, 4.69) is 27.5 Å². The molecule has 0 bridgehead atoms. The first-order valence-corrected chi connectivity index (χ1v) is 8.62. The van der Waals surface area contributed by atoms with Gasteiger partial charge in [-0.3, -0.25) is 4.90 Å². The second kappa shape index (κ2) is 7.74. The van der Waals surface area contributed by atoms with E-state index >= 15 is 0 Å². The van der Waals surface area contributed by atoms with Crippen molar-refractivity contribution in [3.05, 3.63) is 16.1 Å². The summed E-state index contributed by atoms with van der Waals surface area (Å²) in [6.07, 6.45) is 6.57. The number of rotatable bonds is 4. The lowest BCUT2D eigenvalue weighted by Crippen LogP contribution is -2.40. The van der Waals surface area contributed by atoms with Crippen molar-refractivity contribution in [2.75, 3.05) is 19.6 Å². The molecule has 3 nitrogen and oxygen atoms in total. The van der Waals surface area contributed by atoms with E-state index in [4.69, 9.17) is 0 Å². The molecule has 2 aliphatic rings. The molecule has 5 heteroatoms. The summed E-state index contributed by atoms with van der Waals surface area (Å²) >= 11 is 1.81. The highest BCUT2D eigenvalue weighted by Crippen LogP contribution is 2.26. The number of hydrogen-bond acceptors (Lipinski definition) is 4. The summed E-state index contributed by atoms with van der Waals surface area (Å²) in [5, 5.41) is 7.19. The molecular weight excluding hydrogens is 290 g/mol. The Bertz CT molecular complexity index is 396. The Hall–Kier alpha value is -0.160. The lowest BCUT2D eigenvalue weighted by atomic mass is 9.88. The number of likely N-dealkylation sites (tertiary alicyclic amines) is 1. The number of hydrogen-bond donors (Lipinski definition) is 1. The zero-order valence-electron chi connectivity index (χ0n) is 12.3. The molecule has 3 heterocycles. The van der Waals surface area contributed by atoms with Gasteiger partial charge in [0.2, 0.25) is 0 Å². The van der Waals surface area contributed by atoms with Crippen LogP contribution in [0, 0.1) is 5.92 Å². The van der Waals surface area contributed by atoms with E-state index in [1.54, 1.807) is 0 Å². The third kappa shape index (κ3) is 3.94. The van der Waals surface area contributed by atoms with Crippen molar-refractivity contribution in [2.45, 2.75) is 51.6 Å². The molecule has 2 aliphatic heterocycles. The molecule has 0 aromatic carbocycles. The quantitative estimate of drug-likeness (QED) is 0.925. The lowest BCUT2D eigenvalue weighted by Gasteiger charge is -2.34. The third-order valence-corrected chi connectivity index (χ3v) is 5.63. The van der Waals surface area contributed by atoms with E-state index in [1.807, 2.05) is 11.3 Å². The van der Waals surface area contributed by atoms with Gasteiger partial charge in [-0.1, -0.05) is 6.92 Å². The molecule has 1 aromatic rings. The summed E-state index contributed by atoms with van der Waals surface area (Å²) in [4.78, 5) is 7.27. The van der Waals surface area contributed by atoms with E-state index in [9.17, 15) is 0 Å². The van der Waals surface area contributed by atoms with Crippen LogP contribution in [0.25, 0.3) is 0 Å². The normalized spacial score (nSPS) is 24.8. The lowest BCUT2D eigenvalue weighted by molar-refractivity contribution is 0.156. The minimum absolute atomic E-state index is 0. The first kappa shape index (κ1) is 16.2. The number of piperidine rings is 1. The Kier molecular flexibility index (Phi) is 6.27. The molecule has 2 fully saturated rings. The van der Waals surface area contributed by atoms with Gasteiger partial charge < -0.3 is 5.32 Å². The van der Waals surface area contributed by atoms with Crippen molar-refractivity contribution in [2.24, 2.45) is 5.92 Å². The fraction of sp³-hybridized carbons (Fsp3) is 0.800. The van der Waals surface area contributed by atoms with E-state index in [0.29, 0.717) is 0 Å². The molecule has 1 aromatic heterocycles. The Morgan fingerprint density at radius 1 is 1.35 bits per heavy atom. The maximum atomic E-state index is 4.68. The number of halogens is 1. The van der Waals surface area contributed by atoms with Gasteiger partial charge in [-0.2, -0.15) is 0 Å². The van der Waals surface area contributed by atoms with E-state index in [0.717, 1.165) is 24.9 Å². The first-order valence-electron chi connectivity index (χ1n) is 7.74. The predicted molar refractivity (Wildman–Crippen MR) is 87.8 cm³/mol. The van der Waals surface area contributed by atoms with Gasteiger partial charge in [0.15, 0.2) is 0 Å². The van der Waals surface area contributed by atoms with Crippen molar-refractivity contribution in [1.29, 1.82) is 0 Å². The number of aryl methyl sites for hydroxylation is 1. The highest BCUT2D eigenvalue weighted by Gasteiger charge is 2.28. The van der Waals surface area contributed by atoms with Crippen molar-refractivity contribution in [1.82, 2.24) is 15.2 Å². The van der Waals surface area contributed by atoms with E-state index in [-0.39, 0.29) is 12.4 Å². The van der Waals surface area contributed by atoms with E-state index in [1.165, 1.54) is 56.0 Å².